The average Bonchev–Trinajstić information content (AvgIpc) is 3.06. The van der Waals surface area contributed by atoms with Crippen molar-refractivity contribution in [1.29, 1.82) is 0 Å². The number of hydrogen-bond acceptors (Lipinski definition) is 4. The van der Waals surface area contributed by atoms with Crippen molar-refractivity contribution in [2.75, 3.05) is 4.72 Å². The SMILES string of the molecule is Cc1ccnc(-n2cc(S(=O)(=O)Nc3ccc(F)cc3C(F)(F)F)cn2)c1. The maximum atomic E-state index is 13.2. The van der Waals surface area contributed by atoms with Crippen molar-refractivity contribution in [2.24, 2.45) is 0 Å². The molecule has 0 saturated carbocycles. The van der Waals surface area contributed by atoms with Gasteiger partial charge in [-0.3, -0.25) is 4.72 Å². The van der Waals surface area contributed by atoms with Gasteiger partial charge in [-0.05, 0) is 42.8 Å². The summed E-state index contributed by atoms with van der Waals surface area (Å²) in [6.45, 7) is 1.81. The molecular formula is C16H12F4N4O2S. The molecule has 2 aromatic heterocycles. The molecule has 0 unspecified atom stereocenters. The standard InChI is InChI=1S/C16H12F4N4O2S/c1-10-4-5-21-15(6-10)24-9-12(8-22-24)27(25,26)23-14-3-2-11(17)7-13(14)16(18,19)20/h2-9,23H,1H3. The van der Waals surface area contributed by atoms with Crippen LogP contribution in [0.1, 0.15) is 11.1 Å². The molecule has 0 spiro atoms. The third kappa shape index (κ3) is 4.08. The van der Waals surface area contributed by atoms with Crippen molar-refractivity contribution in [3.63, 3.8) is 0 Å². The lowest BCUT2D eigenvalue weighted by molar-refractivity contribution is -0.137. The van der Waals surface area contributed by atoms with Gasteiger partial charge in [0.1, 0.15) is 10.7 Å². The summed E-state index contributed by atoms with van der Waals surface area (Å²) in [4.78, 5) is 3.67. The molecule has 6 nitrogen and oxygen atoms in total. The Labute approximate surface area is 151 Å². The van der Waals surface area contributed by atoms with Crippen LogP contribution >= 0.6 is 0 Å². The van der Waals surface area contributed by atoms with Crippen LogP contribution in [-0.2, 0) is 16.2 Å². The van der Waals surface area contributed by atoms with Crippen LogP contribution in [0, 0.1) is 12.7 Å². The van der Waals surface area contributed by atoms with E-state index in [1.54, 1.807) is 19.1 Å². The number of sulfonamides is 1. The topological polar surface area (TPSA) is 76.9 Å². The van der Waals surface area contributed by atoms with Crippen molar-refractivity contribution in [2.45, 2.75) is 18.0 Å². The Morgan fingerprint density at radius 3 is 2.56 bits per heavy atom. The third-order valence-electron chi connectivity index (χ3n) is 3.54. The molecule has 2 heterocycles. The summed E-state index contributed by atoms with van der Waals surface area (Å²) in [6.07, 6.45) is -1.34. The van der Waals surface area contributed by atoms with Crippen molar-refractivity contribution in [3.8, 4) is 5.82 Å². The fourth-order valence-electron chi connectivity index (χ4n) is 2.26. The molecule has 0 radical (unpaired) electrons. The summed E-state index contributed by atoms with van der Waals surface area (Å²) in [5.41, 5.74) is -1.36. The lowest BCUT2D eigenvalue weighted by atomic mass is 10.2. The first kappa shape index (κ1) is 18.8. The maximum absolute atomic E-state index is 13.2. The van der Waals surface area contributed by atoms with E-state index in [0.717, 1.165) is 24.0 Å². The number of benzene rings is 1. The maximum Gasteiger partial charge on any atom is 0.418 e. The number of anilines is 1. The van der Waals surface area contributed by atoms with Crippen molar-refractivity contribution < 1.29 is 26.0 Å². The van der Waals surface area contributed by atoms with Gasteiger partial charge in [-0.2, -0.15) is 18.3 Å². The second-order valence-electron chi connectivity index (χ2n) is 5.61. The summed E-state index contributed by atoms with van der Waals surface area (Å²) in [5, 5.41) is 3.87. The fraction of sp³-hybridized carbons (Fsp3) is 0.125. The molecule has 0 amide bonds. The molecule has 0 aliphatic heterocycles. The van der Waals surface area contributed by atoms with Gasteiger partial charge in [0.2, 0.25) is 0 Å². The van der Waals surface area contributed by atoms with Gasteiger partial charge in [0.15, 0.2) is 5.82 Å². The van der Waals surface area contributed by atoms with Crippen LogP contribution in [0.5, 0.6) is 0 Å². The van der Waals surface area contributed by atoms with Crippen LogP contribution in [0.25, 0.3) is 5.82 Å². The van der Waals surface area contributed by atoms with Crippen molar-refractivity contribution >= 4 is 15.7 Å². The van der Waals surface area contributed by atoms with Crippen LogP contribution < -0.4 is 4.72 Å². The molecule has 0 bridgehead atoms. The summed E-state index contributed by atoms with van der Waals surface area (Å²) >= 11 is 0. The summed E-state index contributed by atoms with van der Waals surface area (Å²) in [5.74, 6) is -0.794. The number of nitrogens with one attached hydrogen (secondary N) is 1. The number of alkyl halides is 3. The number of aromatic nitrogens is 3. The van der Waals surface area contributed by atoms with Gasteiger partial charge < -0.3 is 0 Å². The van der Waals surface area contributed by atoms with E-state index < -0.39 is 33.3 Å². The van der Waals surface area contributed by atoms with E-state index in [2.05, 4.69) is 10.1 Å². The van der Waals surface area contributed by atoms with E-state index in [9.17, 15) is 26.0 Å². The first-order valence-corrected chi connectivity index (χ1v) is 8.92. The Morgan fingerprint density at radius 2 is 1.89 bits per heavy atom. The van der Waals surface area contributed by atoms with E-state index in [0.29, 0.717) is 11.9 Å². The smallest absolute Gasteiger partial charge is 0.279 e. The Bertz CT molecular complexity index is 1090. The van der Waals surface area contributed by atoms with Gasteiger partial charge in [0.05, 0.1) is 23.6 Å². The van der Waals surface area contributed by atoms with Crippen LogP contribution in [0.4, 0.5) is 23.2 Å². The molecule has 0 aliphatic rings. The predicted octanol–water partition coefficient (Wildman–Crippen LogP) is 3.53. The van der Waals surface area contributed by atoms with Crippen LogP contribution in [0.15, 0.2) is 53.8 Å². The molecule has 3 rings (SSSR count). The fourth-order valence-corrected chi connectivity index (χ4v) is 3.27. The van der Waals surface area contributed by atoms with E-state index in [1.807, 2.05) is 4.72 Å². The second-order valence-corrected chi connectivity index (χ2v) is 7.29. The molecule has 0 saturated heterocycles. The summed E-state index contributed by atoms with van der Waals surface area (Å²) in [6, 6.07) is 5.05. The first-order chi connectivity index (χ1) is 12.6. The molecule has 11 heteroatoms. The monoisotopic (exact) mass is 400 g/mol. The number of nitrogens with zero attached hydrogens (tertiary/aromatic N) is 3. The normalized spacial score (nSPS) is 12.2. The molecule has 1 aromatic carbocycles. The van der Waals surface area contributed by atoms with Gasteiger partial charge in [-0.15, -0.1) is 0 Å². The Kier molecular flexibility index (Phi) is 4.64. The van der Waals surface area contributed by atoms with Gasteiger partial charge >= 0.3 is 6.18 Å². The minimum Gasteiger partial charge on any atom is -0.279 e. The Hall–Kier alpha value is -2.95. The van der Waals surface area contributed by atoms with Crippen molar-refractivity contribution in [1.82, 2.24) is 14.8 Å². The molecule has 3 aromatic rings. The highest BCUT2D eigenvalue weighted by Gasteiger charge is 2.35. The number of rotatable bonds is 4. The van der Waals surface area contributed by atoms with Crippen LogP contribution in [0.2, 0.25) is 0 Å². The van der Waals surface area contributed by atoms with E-state index in [4.69, 9.17) is 0 Å². The molecular weight excluding hydrogens is 388 g/mol. The first-order valence-electron chi connectivity index (χ1n) is 7.43. The predicted molar refractivity (Wildman–Crippen MR) is 88.3 cm³/mol. The zero-order valence-electron chi connectivity index (χ0n) is 13.7. The van der Waals surface area contributed by atoms with Gasteiger partial charge in [-0.25, -0.2) is 22.5 Å². The lowest BCUT2D eigenvalue weighted by Crippen LogP contribution is -2.17. The van der Waals surface area contributed by atoms with E-state index in [-0.39, 0.29) is 11.0 Å². The van der Waals surface area contributed by atoms with Crippen LogP contribution in [-0.4, -0.2) is 23.2 Å². The summed E-state index contributed by atoms with van der Waals surface area (Å²) in [7, 11) is -4.39. The number of halogens is 4. The highest BCUT2D eigenvalue weighted by molar-refractivity contribution is 7.92. The van der Waals surface area contributed by atoms with Gasteiger partial charge in [0.25, 0.3) is 10.0 Å². The molecule has 27 heavy (non-hydrogen) atoms. The van der Waals surface area contributed by atoms with E-state index >= 15 is 0 Å². The third-order valence-corrected chi connectivity index (χ3v) is 4.86. The number of pyridine rings is 1. The molecule has 0 aliphatic carbocycles. The summed E-state index contributed by atoms with van der Waals surface area (Å²) < 4.78 is 80.2. The number of aryl methyl sites for hydroxylation is 1. The second kappa shape index (κ2) is 6.65. The van der Waals surface area contributed by atoms with Crippen molar-refractivity contribution in [3.05, 3.63) is 65.9 Å². The molecule has 1 N–H and O–H groups in total. The average molecular weight is 400 g/mol. The Balaban J connectivity index is 1.95. The Morgan fingerprint density at radius 1 is 1.15 bits per heavy atom. The van der Waals surface area contributed by atoms with E-state index in [1.165, 1.54) is 10.9 Å². The van der Waals surface area contributed by atoms with Gasteiger partial charge in [-0.1, -0.05) is 0 Å². The van der Waals surface area contributed by atoms with Gasteiger partial charge in [0, 0.05) is 6.20 Å². The van der Waals surface area contributed by atoms with Crippen LogP contribution in [0.3, 0.4) is 0 Å². The quantitative estimate of drug-likeness (QED) is 0.680. The highest BCUT2D eigenvalue weighted by Crippen LogP contribution is 2.36. The zero-order chi connectivity index (χ0) is 19.8. The number of hydrogen-bond donors (Lipinski definition) is 1. The highest BCUT2D eigenvalue weighted by atomic mass is 32.2. The zero-order valence-corrected chi connectivity index (χ0v) is 14.5. The largest absolute Gasteiger partial charge is 0.418 e. The molecule has 0 atom stereocenters. The minimum atomic E-state index is -4.93. The molecule has 142 valence electrons. The lowest BCUT2D eigenvalue weighted by Gasteiger charge is -2.14. The minimum absolute atomic E-state index is 0.220. The molecule has 0 fully saturated rings.